The van der Waals surface area contributed by atoms with Gasteiger partial charge in [-0.2, -0.15) is 0 Å². The maximum atomic E-state index is 10.7. The first-order valence-corrected chi connectivity index (χ1v) is 5.89. The molecule has 0 saturated carbocycles. The fraction of sp³-hybridized carbons (Fsp3) is 0.538. The van der Waals surface area contributed by atoms with Gasteiger partial charge in [-0.15, -0.1) is 0 Å². The third-order valence-corrected chi connectivity index (χ3v) is 2.82. The summed E-state index contributed by atoms with van der Waals surface area (Å²) in [5.41, 5.74) is 1.14. The van der Waals surface area contributed by atoms with E-state index in [4.69, 9.17) is 5.11 Å². The molecule has 0 saturated heterocycles. The number of pyridine rings is 1. The second kappa shape index (κ2) is 6.35. The molecule has 1 atom stereocenters. The third kappa shape index (κ3) is 4.53. The van der Waals surface area contributed by atoms with Crippen molar-refractivity contribution in [3.63, 3.8) is 0 Å². The molecule has 0 aliphatic rings. The number of carbonyl (C=O) groups is 1. The topological polar surface area (TPSA) is 53.4 Å². The summed E-state index contributed by atoms with van der Waals surface area (Å²) < 4.78 is 0. The van der Waals surface area contributed by atoms with Crippen LogP contribution in [0.4, 0.5) is 0 Å². The first-order chi connectivity index (χ1) is 8.02. The van der Waals surface area contributed by atoms with E-state index in [-0.39, 0.29) is 5.56 Å². The Morgan fingerprint density at radius 2 is 2.24 bits per heavy atom. The SMILES string of the molecule is CCC(C)CN(C)Cc1ccc(C(=O)O)cn1. The van der Waals surface area contributed by atoms with Crippen LogP contribution in [0.5, 0.6) is 0 Å². The highest BCUT2D eigenvalue weighted by molar-refractivity contribution is 5.87. The molecule has 1 heterocycles. The Balaban J connectivity index is 2.54. The minimum Gasteiger partial charge on any atom is -0.478 e. The molecule has 1 N–H and O–H groups in total. The van der Waals surface area contributed by atoms with E-state index >= 15 is 0 Å². The largest absolute Gasteiger partial charge is 0.478 e. The average molecular weight is 236 g/mol. The van der Waals surface area contributed by atoms with Crippen molar-refractivity contribution in [2.45, 2.75) is 26.8 Å². The molecule has 1 rings (SSSR count). The molecule has 94 valence electrons. The Morgan fingerprint density at radius 1 is 1.53 bits per heavy atom. The van der Waals surface area contributed by atoms with Gasteiger partial charge in [0.1, 0.15) is 0 Å². The summed E-state index contributed by atoms with van der Waals surface area (Å²) in [6.45, 7) is 6.18. The molecule has 0 bridgehead atoms. The highest BCUT2D eigenvalue weighted by atomic mass is 16.4. The zero-order valence-electron chi connectivity index (χ0n) is 10.7. The monoisotopic (exact) mass is 236 g/mol. The van der Waals surface area contributed by atoms with Crippen LogP contribution in [-0.2, 0) is 6.54 Å². The second-order valence-electron chi connectivity index (χ2n) is 4.55. The molecule has 4 nitrogen and oxygen atoms in total. The maximum absolute atomic E-state index is 10.7. The minimum absolute atomic E-state index is 0.235. The summed E-state index contributed by atoms with van der Waals surface area (Å²) in [5, 5.41) is 8.76. The van der Waals surface area contributed by atoms with E-state index in [1.807, 2.05) is 0 Å². The molecule has 0 aliphatic heterocycles. The van der Waals surface area contributed by atoms with E-state index in [0.29, 0.717) is 5.92 Å². The minimum atomic E-state index is -0.933. The van der Waals surface area contributed by atoms with Crippen molar-refractivity contribution in [3.8, 4) is 0 Å². The predicted molar refractivity (Wildman–Crippen MR) is 67.0 cm³/mol. The standard InChI is InChI=1S/C13H20N2O2/c1-4-10(2)8-15(3)9-12-6-5-11(7-14-12)13(16)17/h5-7,10H,4,8-9H2,1-3H3,(H,16,17). The van der Waals surface area contributed by atoms with Crippen LogP contribution in [0.1, 0.15) is 36.3 Å². The number of aromatic carboxylic acids is 1. The highest BCUT2D eigenvalue weighted by Crippen LogP contribution is 2.07. The molecular formula is C13H20N2O2. The molecule has 0 aromatic carbocycles. The van der Waals surface area contributed by atoms with Gasteiger partial charge in [0, 0.05) is 19.3 Å². The van der Waals surface area contributed by atoms with E-state index in [0.717, 1.165) is 25.2 Å². The van der Waals surface area contributed by atoms with E-state index in [1.54, 1.807) is 12.1 Å². The fourth-order valence-electron chi connectivity index (χ4n) is 1.65. The number of aromatic nitrogens is 1. The van der Waals surface area contributed by atoms with E-state index < -0.39 is 5.97 Å². The number of hydrogen-bond acceptors (Lipinski definition) is 3. The van der Waals surface area contributed by atoms with Gasteiger partial charge in [0.25, 0.3) is 0 Å². The molecule has 0 aliphatic carbocycles. The van der Waals surface area contributed by atoms with Crippen molar-refractivity contribution in [1.82, 2.24) is 9.88 Å². The maximum Gasteiger partial charge on any atom is 0.337 e. The average Bonchev–Trinajstić information content (AvgIpc) is 2.29. The second-order valence-corrected chi connectivity index (χ2v) is 4.55. The van der Waals surface area contributed by atoms with Gasteiger partial charge in [-0.3, -0.25) is 4.98 Å². The van der Waals surface area contributed by atoms with Crippen LogP contribution >= 0.6 is 0 Å². The Kier molecular flexibility index (Phi) is 5.10. The Labute approximate surface area is 102 Å². The van der Waals surface area contributed by atoms with Gasteiger partial charge >= 0.3 is 5.97 Å². The smallest absolute Gasteiger partial charge is 0.337 e. The number of nitrogens with zero attached hydrogens (tertiary/aromatic N) is 2. The lowest BCUT2D eigenvalue weighted by atomic mass is 10.1. The van der Waals surface area contributed by atoms with E-state index in [9.17, 15) is 4.79 Å². The van der Waals surface area contributed by atoms with Crippen molar-refractivity contribution in [2.75, 3.05) is 13.6 Å². The highest BCUT2D eigenvalue weighted by Gasteiger charge is 2.07. The molecule has 0 amide bonds. The van der Waals surface area contributed by atoms with Crippen LogP contribution in [0.2, 0.25) is 0 Å². The molecule has 4 heteroatoms. The molecule has 0 spiro atoms. The van der Waals surface area contributed by atoms with Gasteiger partial charge in [-0.1, -0.05) is 20.3 Å². The lowest BCUT2D eigenvalue weighted by molar-refractivity contribution is 0.0696. The fourth-order valence-corrected chi connectivity index (χ4v) is 1.65. The molecule has 1 aromatic rings. The summed E-state index contributed by atoms with van der Waals surface area (Å²) in [6.07, 6.45) is 2.57. The molecule has 0 fully saturated rings. The number of carboxylic acid groups (broad SMARTS) is 1. The van der Waals surface area contributed by atoms with Crippen LogP contribution in [0.15, 0.2) is 18.3 Å². The third-order valence-electron chi connectivity index (χ3n) is 2.82. The summed E-state index contributed by atoms with van der Waals surface area (Å²) in [6, 6.07) is 3.37. The zero-order chi connectivity index (χ0) is 12.8. The number of hydrogen-bond donors (Lipinski definition) is 1. The van der Waals surface area contributed by atoms with E-state index in [2.05, 4.69) is 30.8 Å². The normalized spacial score (nSPS) is 12.7. The van der Waals surface area contributed by atoms with Gasteiger partial charge in [-0.05, 0) is 25.1 Å². The van der Waals surface area contributed by atoms with Gasteiger partial charge in [0.05, 0.1) is 11.3 Å². The van der Waals surface area contributed by atoms with E-state index in [1.165, 1.54) is 6.20 Å². The summed E-state index contributed by atoms with van der Waals surface area (Å²) in [7, 11) is 2.05. The molecule has 0 radical (unpaired) electrons. The number of carboxylic acids is 1. The lowest BCUT2D eigenvalue weighted by Crippen LogP contribution is -2.24. The van der Waals surface area contributed by atoms with Crippen molar-refractivity contribution in [3.05, 3.63) is 29.6 Å². The molecule has 17 heavy (non-hydrogen) atoms. The first-order valence-electron chi connectivity index (χ1n) is 5.89. The quantitative estimate of drug-likeness (QED) is 0.823. The van der Waals surface area contributed by atoms with Crippen LogP contribution in [0.25, 0.3) is 0 Å². The summed E-state index contributed by atoms with van der Waals surface area (Å²) in [5.74, 6) is -0.268. The Bertz CT molecular complexity index is 362. The molecule has 1 aromatic heterocycles. The van der Waals surface area contributed by atoms with Crippen molar-refractivity contribution in [2.24, 2.45) is 5.92 Å². The lowest BCUT2D eigenvalue weighted by Gasteiger charge is -2.19. The van der Waals surface area contributed by atoms with Gasteiger partial charge in [-0.25, -0.2) is 4.79 Å². The van der Waals surface area contributed by atoms with Crippen LogP contribution < -0.4 is 0 Å². The number of rotatable bonds is 6. The van der Waals surface area contributed by atoms with Crippen LogP contribution in [0, 0.1) is 5.92 Å². The molecule has 1 unspecified atom stereocenters. The van der Waals surface area contributed by atoms with Gasteiger partial charge in [0.2, 0.25) is 0 Å². The van der Waals surface area contributed by atoms with Gasteiger partial charge in [0.15, 0.2) is 0 Å². The Morgan fingerprint density at radius 3 is 2.71 bits per heavy atom. The zero-order valence-corrected chi connectivity index (χ0v) is 10.7. The van der Waals surface area contributed by atoms with Gasteiger partial charge < -0.3 is 10.0 Å². The van der Waals surface area contributed by atoms with Crippen molar-refractivity contribution < 1.29 is 9.90 Å². The predicted octanol–water partition coefficient (Wildman–Crippen LogP) is 2.26. The first kappa shape index (κ1) is 13.6. The Hall–Kier alpha value is -1.42. The van der Waals surface area contributed by atoms with Crippen LogP contribution in [-0.4, -0.2) is 34.6 Å². The summed E-state index contributed by atoms with van der Waals surface area (Å²) in [4.78, 5) is 17.0. The van der Waals surface area contributed by atoms with Crippen molar-refractivity contribution in [1.29, 1.82) is 0 Å². The van der Waals surface area contributed by atoms with Crippen LogP contribution in [0.3, 0.4) is 0 Å². The van der Waals surface area contributed by atoms with Crippen molar-refractivity contribution >= 4 is 5.97 Å². The summed E-state index contributed by atoms with van der Waals surface area (Å²) >= 11 is 0. The molecular weight excluding hydrogens is 216 g/mol.